The Morgan fingerprint density at radius 1 is 1.11 bits per heavy atom. The lowest BCUT2D eigenvalue weighted by molar-refractivity contribution is 0.200. The topological polar surface area (TPSA) is 15.3 Å². The monoisotopic (exact) mass is 246 g/mol. The lowest BCUT2D eigenvalue weighted by atomic mass is 9.83. The molecular formula is C16H26N2. The van der Waals surface area contributed by atoms with Crippen molar-refractivity contribution in [1.29, 1.82) is 0 Å². The fourth-order valence-electron chi connectivity index (χ4n) is 2.71. The van der Waals surface area contributed by atoms with Gasteiger partial charge >= 0.3 is 0 Å². The van der Waals surface area contributed by atoms with Gasteiger partial charge in [0.2, 0.25) is 0 Å². The Kier molecular flexibility index (Phi) is 4.41. The van der Waals surface area contributed by atoms with Crippen LogP contribution in [-0.2, 0) is 11.8 Å². The summed E-state index contributed by atoms with van der Waals surface area (Å²) < 4.78 is 0. The SMILES string of the molecule is CCc1ccc(C(C)(C)CN2CCNCC2)cc1. The first-order valence-electron chi connectivity index (χ1n) is 7.14. The van der Waals surface area contributed by atoms with Gasteiger partial charge in [0.05, 0.1) is 0 Å². The van der Waals surface area contributed by atoms with E-state index in [1.54, 1.807) is 0 Å². The molecule has 0 radical (unpaired) electrons. The summed E-state index contributed by atoms with van der Waals surface area (Å²) in [5.41, 5.74) is 3.12. The Labute approximate surface area is 111 Å². The van der Waals surface area contributed by atoms with Crippen LogP contribution in [0.15, 0.2) is 24.3 Å². The Hall–Kier alpha value is -0.860. The van der Waals surface area contributed by atoms with E-state index >= 15 is 0 Å². The number of hydrogen-bond acceptors (Lipinski definition) is 2. The van der Waals surface area contributed by atoms with Gasteiger partial charge in [0, 0.05) is 38.1 Å². The Bertz CT molecular complexity index is 361. The van der Waals surface area contributed by atoms with Crippen LogP contribution in [0.1, 0.15) is 31.9 Å². The molecule has 1 fully saturated rings. The molecule has 1 aliphatic heterocycles. The maximum atomic E-state index is 3.41. The minimum absolute atomic E-state index is 0.240. The summed E-state index contributed by atoms with van der Waals surface area (Å²) in [5.74, 6) is 0. The second kappa shape index (κ2) is 5.85. The van der Waals surface area contributed by atoms with Crippen molar-refractivity contribution in [1.82, 2.24) is 10.2 Å². The molecule has 0 aliphatic carbocycles. The highest BCUT2D eigenvalue weighted by molar-refractivity contribution is 5.28. The molecule has 2 rings (SSSR count). The molecule has 0 amide bonds. The normalized spacial score (nSPS) is 17.9. The quantitative estimate of drug-likeness (QED) is 0.878. The molecular weight excluding hydrogens is 220 g/mol. The number of hydrogen-bond donors (Lipinski definition) is 1. The van der Waals surface area contributed by atoms with Crippen molar-refractivity contribution in [3.05, 3.63) is 35.4 Å². The fraction of sp³-hybridized carbons (Fsp3) is 0.625. The summed E-state index contributed by atoms with van der Waals surface area (Å²) in [4.78, 5) is 2.57. The summed E-state index contributed by atoms with van der Waals surface area (Å²) in [6, 6.07) is 9.16. The molecule has 1 aromatic carbocycles. The minimum atomic E-state index is 0.240. The summed E-state index contributed by atoms with van der Waals surface area (Å²) in [7, 11) is 0. The van der Waals surface area contributed by atoms with Gasteiger partial charge in [0.1, 0.15) is 0 Å². The number of nitrogens with zero attached hydrogens (tertiary/aromatic N) is 1. The number of piperazine rings is 1. The van der Waals surface area contributed by atoms with E-state index in [1.807, 2.05) is 0 Å². The maximum Gasteiger partial charge on any atom is 0.0108 e. The molecule has 0 atom stereocenters. The second-order valence-corrected chi connectivity index (χ2v) is 5.96. The van der Waals surface area contributed by atoms with Gasteiger partial charge in [-0.05, 0) is 17.5 Å². The minimum Gasteiger partial charge on any atom is -0.314 e. The highest BCUT2D eigenvalue weighted by Crippen LogP contribution is 2.25. The first-order valence-corrected chi connectivity index (χ1v) is 7.14. The van der Waals surface area contributed by atoms with E-state index in [1.165, 1.54) is 24.2 Å². The highest BCUT2D eigenvalue weighted by atomic mass is 15.2. The van der Waals surface area contributed by atoms with Crippen LogP contribution < -0.4 is 5.32 Å². The lowest BCUT2D eigenvalue weighted by Crippen LogP contribution is -2.47. The predicted molar refractivity (Wildman–Crippen MR) is 78.2 cm³/mol. The molecule has 1 saturated heterocycles. The third-order valence-electron chi connectivity index (χ3n) is 3.97. The summed E-state index contributed by atoms with van der Waals surface area (Å²) in [6.45, 7) is 12.7. The van der Waals surface area contributed by atoms with E-state index in [0.29, 0.717) is 0 Å². The molecule has 2 nitrogen and oxygen atoms in total. The lowest BCUT2D eigenvalue weighted by Gasteiger charge is -2.35. The standard InChI is InChI=1S/C16H26N2/c1-4-14-5-7-15(8-6-14)16(2,3)13-18-11-9-17-10-12-18/h5-8,17H,4,9-13H2,1-3H3. The molecule has 100 valence electrons. The molecule has 1 N–H and O–H groups in total. The van der Waals surface area contributed by atoms with Gasteiger partial charge < -0.3 is 5.32 Å². The van der Waals surface area contributed by atoms with Crippen LogP contribution in [0.5, 0.6) is 0 Å². The summed E-state index contributed by atoms with van der Waals surface area (Å²) in [6.07, 6.45) is 1.12. The Morgan fingerprint density at radius 2 is 1.72 bits per heavy atom. The van der Waals surface area contributed by atoms with Crippen LogP contribution in [0, 0.1) is 0 Å². The van der Waals surface area contributed by atoms with Crippen molar-refractivity contribution < 1.29 is 0 Å². The van der Waals surface area contributed by atoms with E-state index in [0.717, 1.165) is 26.1 Å². The first kappa shape index (κ1) is 13.6. The number of aryl methyl sites for hydroxylation is 1. The molecule has 0 saturated carbocycles. The molecule has 18 heavy (non-hydrogen) atoms. The van der Waals surface area contributed by atoms with Crippen molar-refractivity contribution in [3.63, 3.8) is 0 Å². The maximum absolute atomic E-state index is 3.41. The highest BCUT2D eigenvalue weighted by Gasteiger charge is 2.24. The molecule has 0 bridgehead atoms. The molecule has 0 aromatic heterocycles. The van der Waals surface area contributed by atoms with E-state index < -0.39 is 0 Å². The zero-order chi connectivity index (χ0) is 13.0. The number of nitrogens with one attached hydrogen (secondary N) is 1. The van der Waals surface area contributed by atoms with Gasteiger partial charge in [-0.15, -0.1) is 0 Å². The number of rotatable bonds is 4. The average Bonchev–Trinajstić information content (AvgIpc) is 2.39. The molecule has 1 aliphatic rings. The van der Waals surface area contributed by atoms with Crippen molar-refractivity contribution in [2.45, 2.75) is 32.6 Å². The van der Waals surface area contributed by atoms with Crippen molar-refractivity contribution in [2.75, 3.05) is 32.7 Å². The van der Waals surface area contributed by atoms with Gasteiger partial charge in [-0.3, -0.25) is 4.90 Å². The van der Waals surface area contributed by atoms with Crippen LogP contribution in [0.25, 0.3) is 0 Å². The largest absolute Gasteiger partial charge is 0.314 e. The van der Waals surface area contributed by atoms with E-state index in [4.69, 9.17) is 0 Å². The molecule has 0 unspecified atom stereocenters. The molecule has 1 heterocycles. The van der Waals surface area contributed by atoms with Gasteiger partial charge in [0.15, 0.2) is 0 Å². The summed E-state index contributed by atoms with van der Waals surface area (Å²) in [5, 5.41) is 3.41. The Morgan fingerprint density at radius 3 is 2.28 bits per heavy atom. The molecule has 2 heteroatoms. The van der Waals surface area contributed by atoms with Crippen molar-refractivity contribution in [2.24, 2.45) is 0 Å². The van der Waals surface area contributed by atoms with E-state index in [2.05, 4.69) is 55.3 Å². The van der Waals surface area contributed by atoms with E-state index in [9.17, 15) is 0 Å². The van der Waals surface area contributed by atoms with Crippen molar-refractivity contribution >= 4 is 0 Å². The molecule has 1 aromatic rings. The van der Waals surface area contributed by atoms with Gasteiger partial charge in [0.25, 0.3) is 0 Å². The van der Waals surface area contributed by atoms with Crippen LogP contribution in [-0.4, -0.2) is 37.6 Å². The fourth-order valence-corrected chi connectivity index (χ4v) is 2.71. The van der Waals surface area contributed by atoms with E-state index in [-0.39, 0.29) is 5.41 Å². The smallest absolute Gasteiger partial charge is 0.0108 e. The predicted octanol–water partition coefficient (Wildman–Crippen LogP) is 2.43. The van der Waals surface area contributed by atoms with Crippen LogP contribution in [0.2, 0.25) is 0 Å². The zero-order valence-corrected chi connectivity index (χ0v) is 12.0. The van der Waals surface area contributed by atoms with Crippen LogP contribution >= 0.6 is 0 Å². The van der Waals surface area contributed by atoms with Gasteiger partial charge in [-0.2, -0.15) is 0 Å². The van der Waals surface area contributed by atoms with Crippen LogP contribution in [0.3, 0.4) is 0 Å². The third kappa shape index (κ3) is 3.33. The average molecular weight is 246 g/mol. The van der Waals surface area contributed by atoms with Gasteiger partial charge in [-0.1, -0.05) is 45.0 Å². The van der Waals surface area contributed by atoms with Crippen LogP contribution in [0.4, 0.5) is 0 Å². The first-order chi connectivity index (χ1) is 8.62. The summed E-state index contributed by atoms with van der Waals surface area (Å²) >= 11 is 0. The van der Waals surface area contributed by atoms with Gasteiger partial charge in [-0.25, -0.2) is 0 Å². The molecule has 0 spiro atoms. The van der Waals surface area contributed by atoms with Crippen molar-refractivity contribution in [3.8, 4) is 0 Å². The Balaban J connectivity index is 2.03. The second-order valence-electron chi connectivity index (χ2n) is 5.96. The third-order valence-corrected chi connectivity index (χ3v) is 3.97. The zero-order valence-electron chi connectivity index (χ0n) is 12.0. The number of benzene rings is 1.